The zero-order valence-corrected chi connectivity index (χ0v) is 23.6. The first-order chi connectivity index (χ1) is 19.4. The van der Waals surface area contributed by atoms with E-state index in [1.54, 1.807) is 27.7 Å². The lowest BCUT2D eigenvalue weighted by Crippen LogP contribution is -2.47. The van der Waals surface area contributed by atoms with E-state index in [4.69, 9.17) is 15.0 Å². The van der Waals surface area contributed by atoms with Crippen molar-refractivity contribution in [2.24, 2.45) is 17.6 Å². The Labute approximate surface area is 246 Å². The van der Waals surface area contributed by atoms with E-state index in [1.807, 2.05) is 0 Å². The van der Waals surface area contributed by atoms with Crippen molar-refractivity contribution >= 4 is 37.9 Å². The summed E-state index contributed by atoms with van der Waals surface area (Å²) < 4.78 is 23.3. The van der Waals surface area contributed by atoms with Crippen molar-refractivity contribution in [3.05, 3.63) is 65.3 Å². The summed E-state index contributed by atoms with van der Waals surface area (Å²) in [7, 11) is 0. The Bertz CT molecular complexity index is 1250. The number of ether oxygens (including phenoxy) is 1. The lowest BCUT2D eigenvalue weighted by Gasteiger charge is -2.25. The zero-order chi connectivity index (χ0) is 30.5. The first-order valence-electron chi connectivity index (χ1n) is 13.3. The SMILES string of the molecule is CCOC(=O)/C=C/[C@H](CCC(N)=O)NC(=O)[C@@H](CC(=O)[C@@H](NC(=O)c1cc(C)on1)C(C)C)Cc1ccc(F)cc1.[BH4-]. The standard InChI is InChI=1S/C29H37FN4O7.BH4/c1-5-40-26(37)13-11-22(10-12-25(31)36)32-28(38)20(15-19-6-8-21(30)9-7-19)16-24(35)27(17(2)3)33-29(39)23-14-18(4)41-34-23;/h6-9,11,13-14,17,20,22,27H,5,10,12,15-16H2,1-4H3,(H2,31,36)(H,32,38)(H,33,39);1H4/q;-1/b13-11+;/t20-,22+,27+;/m1./s1. The predicted molar refractivity (Wildman–Crippen MR) is 158 cm³/mol. The number of hydrogen-bond acceptors (Lipinski definition) is 8. The Morgan fingerprint density at radius 3 is 2.33 bits per heavy atom. The van der Waals surface area contributed by atoms with Crippen molar-refractivity contribution in [2.45, 2.75) is 65.5 Å². The second-order valence-electron chi connectivity index (χ2n) is 9.95. The molecule has 0 saturated carbocycles. The molecule has 2 aromatic rings. The Morgan fingerprint density at radius 1 is 1.12 bits per heavy atom. The number of carbonyl (C=O) groups is 5. The quantitative estimate of drug-likeness (QED) is 0.149. The lowest BCUT2D eigenvalue weighted by atomic mass is 9.88. The highest BCUT2D eigenvalue weighted by Crippen LogP contribution is 2.18. The van der Waals surface area contributed by atoms with E-state index in [-0.39, 0.29) is 52.3 Å². The van der Waals surface area contributed by atoms with Gasteiger partial charge in [-0.25, -0.2) is 9.18 Å². The number of aryl methyl sites for hydroxylation is 1. The normalized spacial score (nSPS) is 13.1. The summed E-state index contributed by atoms with van der Waals surface area (Å²) in [5.41, 5.74) is 5.90. The molecule has 3 amide bonds. The molecule has 42 heavy (non-hydrogen) atoms. The predicted octanol–water partition coefficient (Wildman–Crippen LogP) is 1.11. The highest BCUT2D eigenvalue weighted by molar-refractivity contribution is 5.97. The van der Waals surface area contributed by atoms with E-state index >= 15 is 0 Å². The number of primary amides is 1. The molecule has 0 aliphatic heterocycles. The minimum absolute atomic E-state index is 0. The van der Waals surface area contributed by atoms with Crippen molar-refractivity contribution in [1.82, 2.24) is 15.8 Å². The van der Waals surface area contributed by atoms with Crippen LogP contribution in [0.1, 0.15) is 61.8 Å². The number of benzene rings is 1. The van der Waals surface area contributed by atoms with E-state index in [2.05, 4.69) is 15.8 Å². The summed E-state index contributed by atoms with van der Waals surface area (Å²) in [6.07, 6.45) is 2.41. The summed E-state index contributed by atoms with van der Waals surface area (Å²) in [4.78, 5) is 62.9. The molecule has 1 aromatic carbocycles. The highest BCUT2D eigenvalue weighted by atomic mass is 19.1. The third-order valence-corrected chi connectivity index (χ3v) is 6.16. The van der Waals surface area contributed by atoms with Crippen molar-refractivity contribution < 1.29 is 37.6 Å². The Kier molecular flexibility index (Phi) is 14.9. The number of carbonyl (C=O) groups excluding carboxylic acids is 5. The van der Waals surface area contributed by atoms with Gasteiger partial charge in [-0.05, 0) is 50.3 Å². The van der Waals surface area contributed by atoms with Crippen molar-refractivity contribution in [3.8, 4) is 0 Å². The van der Waals surface area contributed by atoms with Gasteiger partial charge >= 0.3 is 5.97 Å². The smallest absolute Gasteiger partial charge is 0.330 e. The molecule has 0 aliphatic rings. The summed E-state index contributed by atoms with van der Waals surface area (Å²) in [5.74, 6) is -4.00. The average molecular weight is 587 g/mol. The topological polar surface area (TPSA) is 171 Å². The van der Waals surface area contributed by atoms with Gasteiger partial charge in [-0.3, -0.25) is 19.2 Å². The van der Waals surface area contributed by atoms with Crippen LogP contribution in [-0.2, 0) is 30.3 Å². The molecular weight excluding hydrogens is 546 g/mol. The van der Waals surface area contributed by atoms with Crippen LogP contribution in [0, 0.1) is 24.6 Å². The van der Waals surface area contributed by atoms with Gasteiger partial charge in [0, 0.05) is 36.9 Å². The van der Waals surface area contributed by atoms with E-state index < -0.39 is 53.3 Å². The summed E-state index contributed by atoms with van der Waals surface area (Å²) in [6.45, 7) is 6.95. The molecule has 1 aromatic heterocycles. The first-order valence-corrected chi connectivity index (χ1v) is 13.3. The molecule has 3 atom stereocenters. The fraction of sp³-hybridized carbons (Fsp3) is 0.448. The number of Topliss-reactive ketones (excluding diaryl/α,β-unsaturated/α-hetero) is 1. The molecule has 4 N–H and O–H groups in total. The molecule has 0 fully saturated rings. The maximum absolute atomic E-state index is 13.5. The summed E-state index contributed by atoms with van der Waals surface area (Å²) in [5, 5.41) is 9.12. The maximum atomic E-state index is 13.5. The highest BCUT2D eigenvalue weighted by Gasteiger charge is 2.31. The van der Waals surface area contributed by atoms with Gasteiger partial charge in [0.15, 0.2) is 11.5 Å². The lowest BCUT2D eigenvalue weighted by molar-refractivity contribution is -0.137. The average Bonchev–Trinajstić information content (AvgIpc) is 3.35. The number of amides is 3. The minimum Gasteiger partial charge on any atom is -0.463 e. The number of nitrogens with zero attached hydrogens (tertiary/aromatic N) is 1. The molecule has 0 saturated heterocycles. The monoisotopic (exact) mass is 587 g/mol. The molecule has 11 nitrogen and oxygen atoms in total. The Hall–Kier alpha value is -4.29. The number of ketones is 1. The van der Waals surface area contributed by atoms with Gasteiger partial charge in [0.05, 0.1) is 12.6 Å². The van der Waals surface area contributed by atoms with Crippen LogP contribution in [0.4, 0.5) is 4.39 Å². The maximum Gasteiger partial charge on any atom is 0.330 e. The van der Waals surface area contributed by atoms with Crippen molar-refractivity contribution in [3.63, 3.8) is 0 Å². The van der Waals surface area contributed by atoms with Crippen LogP contribution in [-0.4, -0.2) is 61.7 Å². The zero-order valence-electron chi connectivity index (χ0n) is 23.6. The van der Waals surface area contributed by atoms with Crippen LogP contribution in [0.5, 0.6) is 0 Å². The fourth-order valence-corrected chi connectivity index (χ4v) is 4.04. The number of aromatic nitrogens is 1. The van der Waals surface area contributed by atoms with Crippen LogP contribution in [0.25, 0.3) is 0 Å². The molecular formula is C29H41BFN4O7-. The van der Waals surface area contributed by atoms with E-state index in [1.165, 1.54) is 36.4 Å². The van der Waals surface area contributed by atoms with E-state index in [0.29, 0.717) is 11.3 Å². The van der Waals surface area contributed by atoms with Gasteiger partial charge in [0.25, 0.3) is 5.91 Å². The molecule has 1 heterocycles. The van der Waals surface area contributed by atoms with Gasteiger partial charge in [-0.15, -0.1) is 0 Å². The van der Waals surface area contributed by atoms with Crippen LogP contribution in [0.3, 0.4) is 0 Å². The molecule has 2 rings (SSSR count). The number of esters is 1. The van der Waals surface area contributed by atoms with Crippen LogP contribution in [0.2, 0.25) is 0 Å². The molecule has 0 spiro atoms. The molecule has 0 radical (unpaired) electrons. The van der Waals surface area contributed by atoms with Crippen molar-refractivity contribution in [2.75, 3.05) is 6.61 Å². The second kappa shape index (κ2) is 17.5. The van der Waals surface area contributed by atoms with Gasteiger partial charge in [-0.1, -0.05) is 45.6 Å². The van der Waals surface area contributed by atoms with Gasteiger partial charge in [0.2, 0.25) is 11.8 Å². The largest absolute Gasteiger partial charge is 0.463 e. The Morgan fingerprint density at radius 2 is 1.79 bits per heavy atom. The molecule has 0 bridgehead atoms. The van der Waals surface area contributed by atoms with Crippen LogP contribution in [0.15, 0.2) is 47.0 Å². The molecule has 0 unspecified atom stereocenters. The van der Waals surface area contributed by atoms with E-state index in [0.717, 1.165) is 6.08 Å². The van der Waals surface area contributed by atoms with Gasteiger partial charge in [-0.2, -0.15) is 0 Å². The third kappa shape index (κ3) is 12.1. The number of rotatable bonds is 16. The fourth-order valence-electron chi connectivity index (χ4n) is 4.04. The number of nitrogens with two attached hydrogens (primary N) is 1. The second-order valence-corrected chi connectivity index (χ2v) is 9.95. The summed E-state index contributed by atoms with van der Waals surface area (Å²) in [6, 6.07) is 5.28. The number of halogens is 1. The minimum atomic E-state index is -0.933. The van der Waals surface area contributed by atoms with Crippen LogP contribution >= 0.6 is 0 Å². The number of nitrogens with one attached hydrogen (secondary N) is 2. The summed E-state index contributed by atoms with van der Waals surface area (Å²) >= 11 is 0. The number of hydrogen-bond donors (Lipinski definition) is 3. The molecule has 13 heteroatoms. The first kappa shape index (κ1) is 35.7. The molecule has 230 valence electrons. The van der Waals surface area contributed by atoms with Gasteiger partial charge < -0.3 is 25.6 Å². The van der Waals surface area contributed by atoms with Crippen molar-refractivity contribution in [1.29, 1.82) is 0 Å². The third-order valence-electron chi connectivity index (χ3n) is 6.16. The molecule has 0 aliphatic carbocycles. The van der Waals surface area contributed by atoms with Crippen LogP contribution < -0.4 is 16.4 Å². The van der Waals surface area contributed by atoms with E-state index in [9.17, 15) is 28.4 Å². The Balaban J connectivity index is 0.00000882. The van der Waals surface area contributed by atoms with Gasteiger partial charge in [0.1, 0.15) is 11.6 Å².